The molecule has 0 bridgehead atoms. The van der Waals surface area contributed by atoms with E-state index in [2.05, 4.69) is 24.1 Å². The van der Waals surface area contributed by atoms with Crippen molar-refractivity contribution in [3.8, 4) is 0 Å². The standard InChI is InChI=1S/C15H23FN2/c1-15(2)8-5-9-17-14(15)11-18(3)13-7-4-6-12(16)10-13/h4,6-7,10,14,17H,5,8-9,11H2,1-3H3. The van der Waals surface area contributed by atoms with Gasteiger partial charge in [-0.15, -0.1) is 0 Å². The minimum atomic E-state index is -0.171. The van der Waals surface area contributed by atoms with Gasteiger partial charge in [0.1, 0.15) is 5.82 Å². The highest BCUT2D eigenvalue weighted by Crippen LogP contribution is 2.31. The van der Waals surface area contributed by atoms with E-state index in [1.54, 1.807) is 12.1 Å². The van der Waals surface area contributed by atoms with E-state index in [4.69, 9.17) is 0 Å². The summed E-state index contributed by atoms with van der Waals surface area (Å²) in [5.74, 6) is -0.171. The first kappa shape index (κ1) is 13.3. The number of anilines is 1. The Hall–Kier alpha value is -1.09. The Kier molecular flexibility index (Phi) is 3.91. The zero-order chi connectivity index (χ0) is 13.2. The third kappa shape index (κ3) is 3.02. The molecule has 18 heavy (non-hydrogen) atoms. The van der Waals surface area contributed by atoms with Gasteiger partial charge in [0.15, 0.2) is 0 Å². The van der Waals surface area contributed by atoms with Crippen LogP contribution in [0.25, 0.3) is 0 Å². The number of hydrogen-bond donors (Lipinski definition) is 1. The number of nitrogens with zero attached hydrogens (tertiary/aromatic N) is 1. The summed E-state index contributed by atoms with van der Waals surface area (Å²) in [4.78, 5) is 2.13. The SMILES string of the molecule is CN(CC1NCCCC1(C)C)c1cccc(F)c1. The quantitative estimate of drug-likeness (QED) is 0.887. The van der Waals surface area contributed by atoms with E-state index < -0.39 is 0 Å². The lowest BCUT2D eigenvalue weighted by molar-refractivity contribution is 0.184. The van der Waals surface area contributed by atoms with Gasteiger partial charge in [-0.1, -0.05) is 19.9 Å². The number of piperidine rings is 1. The minimum Gasteiger partial charge on any atom is -0.373 e. The van der Waals surface area contributed by atoms with E-state index >= 15 is 0 Å². The van der Waals surface area contributed by atoms with Crippen LogP contribution in [0, 0.1) is 11.2 Å². The van der Waals surface area contributed by atoms with E-state index in [0.29, 0.717) is 11.5 Å². The number of nitrogens with one attached hydrogen (secondary N) is 1. The second-order valence-corrected chi connectivity index (χ2v) is 5.96. The summed E-state index contributed by atoms with van der Waals surface area (Å²) in [6, 6.07) is 7.26. The van der Waals surface area contributed by atoms with Gasteiger partial charge in [0.25, 0.3) is 0 Å². The second-order valence-electron chi connectivity index (χ2n) is 5.96. The average Bonchev–Trinajstić information content (AvgIpc) is 2.31. The molecule has 0 aromatic heterocycles. The van der Waals surface area contributed by atoms with E-state index in [9.17, 15) is 4.39 Å². The average molecular weight is 250 g/mol. The monoisotopic (exact) mass is 250 g/mol. The molecule has 1 aliphatic heterocycles. The highest BCUT2D eigenvalue weighted by atomic mass is 19.1. The fourth-order valence-corrected chi connectivity index (χ4v) is 2.68. The third-order valence-electron chi connectivity index (χ3n) is 4.04. The summed E-state index contributed by atoms with van der Waals surface area (Å²) in [5, 5.41) is 3.59. The van der Waals surface area contributed by atoms with Crippen molar-refractivity contribution in [3.63, 3.8) is 0 Å². The van der Waals surface area contributed by atoms with Crippen LogP contribution in [-0.4, -0.2) is 26.2 Å². The molecule has 1 heterocycles. The normalized spacial score (nSPS) is 22.8. The van der Waals surface area contributed by atoms with Gasteiger partial charge in [-0.05, 0) is 43.0 Å². The van der Waals surface area contributed by atoms with Gasteiger partial charge in [0.2, 0.25) is 0 Å². The van der Waals surface area contributed by atoms with Crippen molar-refractivity contribution in [2.24, 2.45) is 5.41 Å². The molecule has 1 aromatic carbocycles. The Morgan fingerprint density at radius 2 is 2.22 bits per heavy atom. The Bertz CT molecular complexity index is 403. The fourth-order valence-electron chi connectivity index (χ4n) is 2.68. The van der Waals surface area contributed by atoms with Crippen molar-refractivity contribution >= 4 is 5.69 Å². The maximum absolute atomic E-state index is 13.2. The van der Waals surface area contributed by atoms with Crippen LogP contribution in [0.15, 0.2) is 24.3 Å². The van der Waals surface area contributed by atoms with E-state index in [-0.39, 0.29) is 5.82 Å². The van der Waals surface area contributed by atoms with Gasteiger partial charge in [0.05, 0.1) is 0 Å². The summed E-state index contributed by atoms with van der Waals surface area (Å²) in [5.41, 5.74) is 1.25. The summed E-state index contributed by atoms with van der Waals surface area (Å²) in [6.45, 7) is 6.62. The Morgan fingerprint density at radius 3 is 2.89 bits per heavy atom. The first-order valence-electron chi connectivity index (χ1n) is 6.69. The van der Waals surface area contributed by atoms with Crippen LogP contribution in [-0.2, 0) is 0 Å². The molecule has 0 radical (unpaired) electrons. The molecule has 1 N–H and O–H groups in total. The van der Waals surface area contributed by atoms with Gasteiger partial charge in [-0.2, -0.15) is 0 Å². The lowest BCUT2D eigenvalue weighted by atomic mass is 9.77. The number of rotatable bonds is 3. The minimum absolute atomic E-state index is 0.171. The van der Waals surface area contributed by atoms with Gasteiger partial charge in [-0.25, -0.2) is 4.39 Å². The van der Waals surface area contributed by atoms with Gasteiger partial charge < -0.3 is 10.2 Å². The van der Waals surface area contributed by atoms with E-state index in [1.807, 2.05) is 13.1 Å². The Balaban J connectivity index is 2.04. The molecule has 1 fully saturated rings. The number of hydrogen-bond acceptors (Lipinski definition) is 2. The van der Waals surface area contributed by atoms with Crippen molar-refractivity contribution in [2.75, 3.05) is 25.0 Å². The molecule has 1 saturated heterocycles. The lowest BCUT2D eigenvalue weighted by Gasteiger charge is -2.41. The summed E-state index contributed by atoms with van der Waals surface area (Å²) >= 11 is 0. The smallest absolute Gasteiger partial charge is 0.125 e. The Labute approximate surface area is 109 Å². The van der Waals surface area contributed by atoms with Gasteiger partial charge in [-0.3, -0.25) is 0 Å². The first-order valence-corrected chi connectivity index (χ1v) is 6.69. The van der Waals surface area contributed by atoms with Crippen LogP contribution >= 0.6 is 0 Å². The van der Waals surface area contributed by atoms with Crippen LogP contribution < -0.4 is 10.2 Å². The number of benzene rings is 1. The van der Waals surface area contributed by atoms with E-state index in [0.717, 1.165) is 18.8 Å². The molecule has 0 aliphatic carbocycles. The van der Waals surface area contributed by atoms with Crippen LogP contribution in [0.1, 0.15) is 26.7 Å². The topological polar surface area (TPSA) is 15.3 Å². The fraction of sp³-hybridized carbons (Fsp3) is 0.600. The molecule has 0 amide bonds. The molecule has 1 unspecified atom stereocenters. The summed E-state index contributed by atoms with van der Waals surface area (Å²) < 4.78 is 13.2. The maximum atomic E-state index is 13.2. The van der Waals surface area contributed by atoms with Crippen molar-refractivity contribution in [1.82, 2.24) is 5.32 Å². The first-order chi connectivity index (χ1) is 8.49. The molecule has 1 atom stereocenters. The predicted octanol–water partition coefficient (Wildman–Crippen LogP) is 3.04. The molecule has 0 saturated carbocycles. The summed E-state index contributed by atoms with van der Waals surface area (Å²) in [6.07, 6.45) is 2.49. The zero-order valence-corrected chi connectivity index (χ0v) is 11.5. The number of likely N-dealkylation sites (N-methyl/N-ethyl adjacent to an activating group) is 1. The van der Waals surface area contributed by atoms with Crippen LogP contribution in [0.2, 0.25) is 0 Å². The summed E-state index contributed by atoms with van der Waals surface area (Å²) in [7, 11) is 2.03. The van der Waals surface area contributed by atoms with Crippen molar-refractivity contribution in [3.05, 3.63) is 30.1 Å². The molecule has 1 aliphatic rings. The van der Waals surface area contributed by atoms with Crippen LogP contribution in [0.4, 0.5) is 10.1 Å². The highest BCUT2D eigenvalue weighted by molar-refractivity contribution is 5.45. The predicted molar refractivity (Wildman–Crippen MR) is 74.5 cm³/mol. The van der Waals surface area contributed by atoms with Gasteiger partial charge >= 0.3 is 0 Å². The molecule has 2 rings (SSSR count). The van der Waals surface area contributed by atoms with Crippen LogP contribution in [0.3, 0.4) is 0 Å². The molecule has 3 heteroatoms. The third-order valence-corrected chi connectivity index (χ3v) is 4.04. The highest BCUT2D eigenvalue weighted by Gasteiger charge is 2.32. The maximum Gasteiger partial charge on any atom is 0.125 e. The molecule has 0 spiro atoms. The molecule has 100 valence electrons. The number of halogens is 1. The molecule has 2 nitrogen and oxygen atoms in total. The van der Waals surface area contributed by atoms with E-state index in [1.165, 1.54) is 18.9 Å². The molecular weight excluding hydrogens is 227 g/mol. The van der Waals surface area contributed by atoms with Crippen LogP contribution in [0.5, 0.6) is 0 Å². The Morgan fingerprint density at radius 1 is 1.44 bits per heavy atom. The second kappa shape index (κ2) is 5.27. The van der Waals surface area contributed by atoms with Crippen molar-refractivity contribution in [2.45, 2.75) is 32.7 Å². The largest absolute Gasteiger partial charge is 0.373 e. The van der Waals surface area contributed by atoms with Crippen molar-refractivity contribution < 1.29 is 4.39 Å². The molecular formula is C15H23FN2. The molecule has 1 aromatic rings. The van der Waals surface area contributed by atoms with Gasteiger partial charge in [0, 0.05) is 25.3 Å². The van der Waals surface area contributed by atoms with Crippen molar-refractivity contribution in [1.29, 1.82) is 0 Å². The lowest BCUT2D eigenvalue weighted by Crippen LogP contribution is -2.52. The zero-order valence-electron chi connectivity index (χ0n) is 11.5.